The van der Waals surface area contributed by atoms with E-state index in [1.54, 1.807) is 31.4 Å². The molecule has 126 valence electrons. The average molecular weight is 338 g/mol. The molecule has 8 heteroatoms. The van der Waals surface area contributed by atoms with Crippen molar-refractivity contribution in [2.75, 3.05) is 13.9 Å². The van der Waals surface area contributed by atoms with Gasteiger partial charge in [-0.1, -0.05) is 12.1 Å². The molecule has 0 amide bonds. The first-order valence-electron chi connectivity index (χ1n) is 7.51. The maximum Gasteiger partial charge on any atom is 0.292 e. The maximum atomic E-state index is 12.1. The second-order valence-electron chi connectivity index (χ2n) is 5.27. The maximum absolute atomic E-state index is 12.1. The van der Waals surface area contributed by atoms with Crippen LogP contribution in [0.3, 0.4) is 0 Å². The molecule has 8 nitrogen and oxygen atoms in total. The molecule has 2 heterocycles. The third-order valence-electron chi connectivity index (χ3n) is 3.73. The van der Waals surface area contributed by atoms with Crippen LogP contribution in [0, 0.1) is 0 Å². The lowest BCUT2D eigenvalue weighted by atomic mass is 10.1. The molecule has 1 aliphatic heterocycles. The fraction of sp³-hybridized carbons (Fsp3) is 0.118. The average Bonchev–Trinajstić information content (AvgIpc) is 3.26. The van der Waals surface area contributed by atoms with Crippen LogP contribution in [-0.4, -0.2) is 24.1 Å². The molecule has 0 radical (unpaired) electrons. The normalized spacial score (nSPS) is 12.7. The van der Waals surface area contributed by atoms with Crippen LogP contribution in [-0.2, 0) is 0 Å². The summed E-state index contributed by atoms with van der Waals surface area (Å²) >= 11 is 0. The summed E-state index contributed by atoms with van der Waals surface area (Å²) in [6.07, 6.45) is 0. The monoisotopic (exact) mass is 338 g/mol. The number of aromatic nitrogens is 2. The predicted molar refractivity (Wildman–Crippen MR) is 90.1 cm³/mol. The van der Waals surface area contributed by atoms with Gasteiger partial charge in [-0.2, -0.15) is 5.11 Å². The lowest BCUT2D eigenvalue weighted by Crippen LogP contribution is -1.96. The number of rotatable bonds is 4. The van der Waals surface area contributed by atoms with E-state index in [0.717, 1.165) is 5.56 Å². The van der Waals surface area contributed by atoms with Crippen molar-refractivity contribution in [3.63, 3.8) is 0 Å². The summed E-state index contributed by atoms with van der Waals surface area (Å²) in [5.41, 5.74) is 1.68. The molecule has 2 aromatic carbocycles. The number of hydrogen-bond donors (Lipinski definition) is 2. The first kappa shape index (κ1) is 15.0. The Labute approximate surface area is 142 Å². The van der Waals surface area contributed by atoms with E-state index in [-0.39, 0.29) is 18.0 Å². The van der Waals surface area contributed by atoms with Gasteiger partial charge in [0.15, 0.2) is 17.2 Å². The van der Waals surface area contributed by atoms with Crippen molar-refractivity contribution in [1.82, 2.24) is 10.2 Å². The second kappa shape index (κ2) is 6.16. The highest BCUT2D eigenvalue weighted by Gasteiger charge is 2.14. The van der Waals surface area contributed by atoms with Gasteiger partial charge in [0.25, 0.3) is 5.56 Å². The van der Waals surface area contributed by atoms with Gasteiger partial charge in [-0.15, -0.1) is 5.11 Å². The number of hydrogen-bond acceptors (Lipinski definition) is 6. The summed E-state index contributed by atoms with van der Waals surface area (Å²) in [6.45, 7) is 0.188. The number of aromatic amines is 2. The van der Waals surface area contributed by atoms with Gasteiger partial charge in [0.05, 0.1) is 18.5 Å². The molecule has 2 N–H and O–H groups in total. The summed E-state index contributed by atoms with van der Waals surface area (Å²) in [6, 6.07) is 12.5. The largest absolute Gasteiger partial charge is 0.497 e. The van der Waals surface area contributed by atoms with E-state index in [4.69, 9.17) is 14.2 Å². The summed E-state index contributed by atoms with van der Waals surface area (Å²) < 4.78 is 15.8. The number of fused-ring (bicyclic) bond motifs is 1. The Morgan fingerprint density at radius 1 is 1.04 bits per heavy atom. The molecule has 0 aliphatic carbocycles. The number of azo groups is 1. The lowest BCUT2D eigenvalue weighted by molar-refractivity contribution is 0.174. The van der Waals surface area contributed by atoms with E-state index >= 15 is 0 Å². The van der Waals surface area contributed by atoms with Gasteiger partial charge in [0.2, 0.25) is 6.79 Å². The molecule has 1 aromatic heterocycles. The minimum atomic E-state index is -0.359. The fourth-order valence-electron chi connectivity index (χ4n) is 2.49. The smallest absolute Gasteiger partial charge is 0.292 e. The molecular weight excluding hydrogens is 324 g/mol. The zero-order valence-corrected chi connectivity index (χ0v) is 13.3. The third-order valence-corrected chi connectivity index (χ3v) is 3.73. The van der Waals surface area contributed by atoms with E-state index in [1.807, 2.05) is 18.2 Å². The van der Waals surface area contributed by atoms with Crippen molar-refractivity contribution < 1.29 is 14.2 Å². The van der Waals surface area contributed by atoms with E-state index in [1.165, 1.54) is 0 Å². The molecule has 0 fully saturated rings. The van der Waals surface area contributed by atoms with Crippen LogP contribution < -0.4 is 19.8 Å². The number of methoxy groups -OCH3 is 1. The molecule has 1 aliphatic rings. The molecule has 3 aromatic rings. The Bertz CT molecular complexity index is 1010. The number of nitrogens with zero attached hydrogens (tertiary/aromatic N) is 2. The van der Waals surface area contributed by atoms with Gasteiger partial charge >= 0.3 is 0 Å². The van der Waals surface area contributed by atoms with E-state index in [9.17, 15) is 4.79 Å². The van der Waals surface area contributed by atoms with Crippen molar-refractivity contribution >= 4 is 11.4 Å². The molecule has 0 unspecified atom stereocenters. The second-order valence-corrected chi connectivity index (χ2v) is 5.27. The molecule has 0 atom stereocenters. The molecule has 4 rings (SSSR count). The minimum Gasteiger partial charge on any atom is -0.497 e. The number of benzene rings is 2. The summed E-state index contributed by atoms with van der Waals surface area (Å²) in [5, 5.41) is 13.6. The predicted octanol–water partition coefficient (Wildman–Crippen LogP) is 3.52. The highest BCUT2D eigenvalue weighted by Crippen LogP contribution is 2.36. The molecule has 0 bridgehead atoms. The summed E-state index contributed by atoms with van der Waals surface area (Å²) in [7, 11) is 1.58. The van der Waals surface area contributed by atoms with Crippen LogP contribution in [0.2, 0.25) is 0 Å². The Hall–Kier alpha value is -3.55. The first-order valence-corrected chi connectivity index (χ1v) is 7.51. The summed E-state index contributed by atoms with van der Waals surface area (Å²) in [5.74, 6) is 1.95. The van der Waals surface area contributed by atoms with Crippen molar-refractivity contribution in [2.24, 2.45) is 10.2 Å². The Morgan fingerprint density at radius 3 is 2.80 bits per heavy atom. The number of ether oxygens (including phenoxy) is 3. The third kappa shape index (κ3) is 2.85. The van der Waals surface area contributed by atoms with Gasteiger partial charge in [-0.05, 0) is 24.3 Å². The van der Waals surface area contributed by atoms with Crippen LogP contribution >= 0.6 is 0 Å². The van der Waals surface area contributed by atoms with Gasteiger partial charge in [0, 0.05) is 11.6 Å². The topological polar surface area (TPSA) is 101 Å². The van der Waals surface area contributed by atoms with Crippen molar-refractivity contribution in [3.8, 4) is 28.5 Å². The van der Waals surface area contributed by atoms with E-state index in [2.05, 4.69) is 20.4 Å². The minimum absolute atomic E-state index is 0.186. The lowest BCUT2D eigenvalue weighted by Gasteiger charge is -2.03. The van der Waals surface area contributed by atoms with Crippen molar-refractivity contribution in [1.29, 1.82) is 0 Å². The number of H-pyrrole nitrogens is 2. The Morgan fingerprint density at radius 2 is 1.92 bits per heavy atom. The van der Waals surface area contributed by atoms with Crippen LogP contribution in [0.5, 0.6) is 17.2 Å². The van der Waals surface area contributed by atoms with Crippen LogP contribution in [0.25, 0.3) is 11.3 Å². The van der Waals surface area contributed by atoms with Crippen LogP contribution in [0.15, 0.2) is 57.5 Å². The molecule has 0 spiro atoms. The number of nitrogens with one attached hydrogen (secondary N) is 2. The summed E-state index contributed by atoms with van der Waals surface area (Å²) in [4.78, 5) is 12.1. The standard InChI is InChI=1S/C17H14N4O4/c1-23-12-4-2-3-10(7-12)15-16(17(22)21-19-15)20-18-11-5-6-13-14(8-11)25-9-24-13/h2-8H,9H2,1H3,(H2,19,21,22). The van der Waals surface area contributed by atoms with Gasteiger partial charge in [-0.25, -0.2) is 0 Å². The zero-order valence-electron chi connectivity index (χ0n) is 13.3. The van der Waals surface area contributed by atoms with Gasteiger partial charge < -0.3 is 14.2 Å². The molecular formula is C17H14N4O4. The van der Waals surface area contributed by atoms with E-state index < -0.39 is 0 Å². The van der Waals surface area contributed by atoms with Gasteiger partial charge in [0.1, 0.15) is 5.75 Å². The quantitative estimate of drug-likeness (QED) is 0.711. The SMILES string of the molecule is COc1cccc(-c2[nH][nH]c(=O)c2N=Nc2ccc3c(c2)OCO3)c1. The molecule has 0 saturated heterocycles. The highest BCUT2D eigenvalue weighted by molar-refractivity contribution is 5.72. The van der Waals surface area contributed by atoms with Gasteiger partial charge in [-0.3, -0.25) is 15.0 Å². The van der Waals surface area contributed by atoms with Crippen molar-refractivity contribution in [3.05, 3.63) is 52.8 Å². The fourth-order valence-corrected chi connectivity index (χ4v) is 2.49. The molecule has 0 saturated carbocycles. The zero-order chi connectivity index (χ0) is 17.2. The highest BCUT2D eigenvalue weighted by atomic mass is 16.7. The van der Waals surface area contributed by atoms with Crippen LogP contribution in [0.4, 0.5) is 11.4 Å². The first-order chi connectivity index (χ1) is 12.2. The molecule has 25 heavy (non-hydrogen) atoms. The van der Waals surface area contributed by atoms with E-state index in [0.29, 0.717) is 28.6 Å². The Balaban J connectivity index is 1.69. The Kier molecular flexibility index (Phi) is 3.70. The van der Waals surface area contributed by atoms with Crippen molar-refractivity contribution in [2.45, 2.75) is 0 Å². The van der Waals surface area contributed by atoms with Crippen LogP contribution in [0.1, 0.15) is 0 Å².